The monoisotopic (exact) mass is 299 g/mol. The fraction of sp³-hybridized carbons (Fsp3) is 0.533. The van der Waals surface area contributed by atoms with Gasteiger partial charge in [0, 0.05) is 37.3 Å². The lowest BCUT2D eigenvalue weighted by atomic mass is 10.2. The molecule has 0 aliphatic carbocycles. The zero-order valence-electron chi connectivity index (χ0n) is 11.8. The van der Waals surface area contributed by atoms with Gasteiger partial charge in [-0.2, -0.15) is 0 Å². The summed E-state index contributed by atoms with van der Waals surface area (Å²) in [5.41, 5.74) is 0. The number of unbranched alkanes of at least 4 members (excludes halogenated alkanes) is 2. The maximum absolute atomic E-state index is 12.7. The number of rotatable bonds is 9. The molecule has 0 aliphatic heterocycles. The van der Waals surface area contributed by atoms with Crippen molar-refractivity contribution >= 4 is 17.7 Å². The summed E-state index contributed by atoms with van der Waals surface area (Å²) in [5, 5.41) is 8.68. The van der Waals surface area contributed by atoms with Crippen molar-refractivity contribution in [2.45, 2.75) is 30.6 Å². The number of halogens is 1. The largest absolute Gasteiger partial charge is 0.396 e. The average Bonchev–Trinajstić information content (AvgIpc) is 2.45. The van der Waals surface area contributed by atoms with E-state index in [0.717, 1.165) is 30.7 Å². The molecule has 5 heteroatoms. The van der Waals surface area contributed by atoms with Crippen LogP contribution in [0.2, 0.25) is 0 Å². The third kappa shape index (κ3) is 6.91. The molecule has 112 valence electrons. The van der Waals surface area contributed by atoms with Crippen molar-refractivity contribution in [1.29, 1.82) is 0 Å². The molecular weight excluding hydrogens is 277 g/mol. The molecule has 0 atom stereocenters. The number of hydrogen-bond donors (Lipinski definition) is 1. The van der Waals surface area contributed by atoms with Gasteiger partial charge < -0.3 is 10.0 Å². The fourth-order valence-corrected chi connectivity index (χ4v) is 2.58. The van der Waals surface area contributed by atoms with Gasteiger partial charge in [-0.3, -0.25) is 4.79 Å². The van der Waals surface area contributed by atoms with Gasteiger partial charge in [0.15, 0.2) is 0 Å². The van der Waals surface area contributed by atoms with Gasteiger partial charge >= 0.3 is 0 Å². The molecule has 3 nitrogen and oxygen atoms in total. The molecule has 1 rings (SSSR count). The van der Waals surface area contributed by atoms with E-state index in [1.165, 1.54) is 12.1 Å². The van der Waals surface area contributed by atoms with Gasteiger partial charge in [0.2, 0.25) is 5.91 Å². The van der Waals surface area contributed by atoms with Gasteiger partial charge in [0.1, 0.15) is 5.82 Å². The number of thioether (sulfide) groups is 1. The smallest absolute Gasteiger partial charge is 0.223 e. The van der Waals surface area contributed by atoms with Crippen LogP contribution in [0.5, 0.6) is 0 Å². The predicted octanol–water partition coefficient (Wildman–Crippen LogP) is 2.93. The zero-order valence-corrected chi connectivity index (χ0v) is 12.7. The third-order valence-electron chi connectivity index (χ3n) is 2.98. The van der Waals surface area contributed by atoms with Gasteiger partial charge in [-0.15, -0.1) is 11.8 Å². The molecule has 0 saturated carbocycles. The molecule has 1 aromatic rings. The second-order valence-electron chi connectivity index (χ2n) is 4.65. The Morgan fingerprint density at radius 3 is 2.60 bits per heavy atom. The summed E-state index contributed by atoms with van der Waals surface area (Å²) in [5.74, 6) is 0.586. The third-order valence-corrected chi connectivity index (χ3v) is 3.99. The minimum atomic E-state index is -0.243. The van der Waals surface area contributed by atoms with Gasteiger partial charge in [-0.25, -0.2) is 4.39 Å². The molecule has 0 heterocycles. The van der Waals surface area contributed by atoms with Gasteiger partial charge in [0.25, 0.3) is 0 Å². The van der Waals surface area contributed by atoms with E-state index < -0.39 is 0 Å². The van der Waals surface area contributed by atoms with Gasteiger partial charge in [-0.1, -0.05) is 0 Å². The van der Waals surface area contributed by atoms with Crippen LogP contribution < -0.4 is 0 Å². The Morgan fingerprint density at radius 2 is 1.95 bits per heavy atom. The van der Waals surface area contributed by atoms with Crippen LogP contribution in [0.1, 0.15) is 25.7 Å². The SMILES string of the molecule is CN(CCCCCO)C(=O)CCSc1ccc(F)cc1. The summed E-state index contributed by atoms with van der Waals surface area (Å²) in [6.45, 7) is 0.950. The van der Waals surface area contributed by atoms with Crippen LogP contribution in [0.3, 0.4) is 0 Å². The van der Waals surface area contributed by atoms with Crippen molar-refractivity contribution in [2.24, 2.45) is 0 Å². The van der Waals surface area contributed by atoms with Crippen LogP contribution >= 0.6 is 11.8 Å². The molecule has 0 radical (unpaired) electrons. The van der Waals surface area contributed by atoms with Crippen molar-refractivity contribution in [3.05, 3.63) is 30.1 Å². The molecule has 0 unspecified atom stereocenters. The molecule has 0 saturated heterocycles. The molecule has 0 fully saturated rings. The molecule has 1 amide bonds. The molecule has 0 aromatic heterocycles. The van der Waals surface area contributed by atoms with Crippen LogP contribution in [-0.2, 0) is 4.79 Å². The van der Waals surface area contributed by atoms with E-state index in [-0.39, 0.29) is 18.3 Å². The number of nitrogens with zero attached hydrogens (tertiary/aromatic N) is 1. The highest BCUT2D eigenvalue weighted by molar-refractivity contribution is 7.99. The Hall–Kier alpha value is -1.07. The molecule has 20 heavy (non-hydrogen) atoms. The van der Waals surface area contributed by atoms with E-state index >= 15 is 0 Å². The zero-order chi connectivity index (χ0) is 14.8. The van der Waals surface area contributed by atoms with E-state index in [1.807, 2.05) is 7.05 Å². The first-order chi connectivity index (χ1) is 9.63. The van der Waals surface area contributed by atoms with Crippen LogP contribution in [0.4, 0.5) is 4.39 Å². The topological polar surface area (TPSA) is 40.5 Å². The van der Waals surface area contributed by atoms with Crippen LogP contribution in [-0.4, -0.2) is 41.9 Å². The Balaban J connectivity index is 2.17. The summed E-state index contributed by atoms with van der Waals surface area (Å²) < 4.78 is 12.7. The lowest BCUT2D eigenvalue weighted by Gasteiger charge is -2.16. The number of carbonyl (C=O) groups excluding carboxylic acids is 1. The molecule has 1 N–H and O–H groups in total. The van der Waals surface area contributed by atoms with Crippen molar-refractivity contribution in [3.63, 3.8) is 0 Å². The van der Waals surface area contributed by atoms with E-state index in [4.69, 9.17) is 5.11 Å². The predicted molar refractivity (Wildman–Crippen MR) is 80.3 cm³/mol. The van der Waals surface area contributed by atoms with E-state index in [9.17, 15) is 9.18 Å². The van der Waals surface area contributed by atoms with Crippen LogP contribution in [0.25, 0.3) is 0 Å². The normalized spacial score (nSPS) is 10.6. The van der Waals surface area contributed by atoms with Gasteiger partial charge in [0.05, 0.1) is 0 Å². The second-order valence-corrected chi connectivity index (χ2v) is 5.82. The average molecular weight is 299 g/mol. The van der Waals surface area contributed by atoms with Crippen molar-refractivity contribution < 1.29 is 14.3 Å². The Bertz CT molecular complexity index is 397. The second kappa shape index (κ2) is 9.77. The molecule has 0 bridgehead atoms. The number of aliphatic hydroxyl groups excluding tert-OH is 1. The molecule has 0 spiro atoms. The Labute approximate surface area is 124 Å². The first kappa shape index (κ1) is 17.0. The minimum absolute atomic E-state index is 0.128. The quantitative estimate of drug-likeness (QED) is 0.563. The van der Waals surface area contributed by atoms with E-state index in [1.54, 1.807) is 28.8 Å². The van der Waals surface area contributed by atoms with Crippen molar-refractivity contribution in [3.8, 4) is 0 Å². The summed E-state index contributed by atoms with van der Waals surface area (Å²) in [7, 11) is 1.81. The number of aliphatic hydroxyl groups is 1. The summed E-state index contributed by atoms with van der Waals surface area (Å²) in [6.07, 6.45) is 3.15. The van der Waals surface area contributed by atoms with Crippen molar-refractivity contribution in [2.75, 3.05) is 26.0 Å². The van der Waals surface area contributed by atoms with Crippen molar-refractivity contribution in [1.82, 2.24) is 4.90 Å². The molecule has 1 aromatic carbocycles. The minimum Gasteiger partial charge on any atom is -0.396 e. The number of carbonyl (C=O) groups is 1. The van der Waals surface area contributed by atoms with E-state index in [2.05, 4.69) is 0 Å². The number of hydrogen-bond acceptors (Lipinski definition) is 3. The molecule has 0 aliphatic rings. The highest BCUT2D eigenvalue weighted by Gasteiger charge is 2.08. The maximum Gasteiger partial charge on any atom is 0.223 e. The Kier molecular flexibility index (Phi) is 8.30. The van der Waals surface area contributed by atoms with Crippen LogP contribution in [0.15, 0.2) is 29.2 Å². The highest BCUT2D eigenvalue weighted by Crippen LogP contribution is 2.19. The standard InChI is InChI=1S/C15H22FNO2S/c1-17(10-3-2-4-11-18)15(19)9-12-20-14-7-5-13(16)6-8-14/h5-8,18H,2-4,9-12H2,1H3. The van der Waals surface area contributed by atoms with Crippen LogP contribution in [0, 0.1) is 5.82 Å². The first-order valence-corrected chi connectivity index (χ1v) is 7.85. The fourth-order valence-electron chi connectivity index (χ4n) is 1.74. The Morgan fingerprint density at radius 1 is 1.25 bits per heavy atom. The number of benzene rings is 1. The highest BCUT2D eigenvalue weighted by atomic mass is 32.2. The summed E-state index contributed by atoms with van der Waals surface area (Å²) in [4.78, 5) is 14.6. The molecular formula is C15H22FNO2S. The lowest BCUT2D eigenvalue weighted by molar-refractivity contribution is -0.129. The first-order valence-electron chi connectivity index (χ1n) is 6.86. The lowest BCUT2D eigenvalue weighted by Crippen LogP contribution is -2.27. The number of amides is 1. The van der Waals surface area contributed by atoms with E-state index in [0.29, 0.717) is 12.2 Å². The summed E-state index contributed by atoms with van der Waals surface area (Å²) in [6, 6.07) is 6.31. The van der Waals surface area contributed by atoms with Gasteiger partial charge in [-0.05, 0) is 43.5 Å². The maximum atomic E-state index is 12.7. The summed E-state index contributed by atoms with van der Waals surface area (Å²) >= 11 is 1.56.